The van der Waals surface area contributed by atoms with Gasteiger partial charge in [0.1, 0.15) is 9.34 Å². The fraction of sp³-hybridized carbons (Fsp3) is 0. The number of carbonyl (C=O) groups is 1. The smallest absolute Gasteiger partial charge is 0.336 e. The Balaban J connectivity index is 2.57. The van der Waals surface area contributed by atoms with Crippen molar-refractivity contribution < 1.29 is 9.90 Å². The van der Waals surface area contributed by atoms with Crippen molar-refractivity contribution in [2.45, 2.75) is 0 Å². The second-order valence-electron chi connectivity index (χ2n) is 2.82. The topological polar surface area (TPSA) is 50.2 Å². The van der Waals surface area contributed by atoms with Gasteiger partial charge in [-0.2, -0.15) is 0 Å². The molecule has 0 radical (unpaired) electrons. The highest BCUT2D eigenvalue weighted by molar-refractivity contribution is 7.18. The van der Waals surface area contributed by atoms with Gasteiger partial charge < -0.3 is 5.11 Å². The Labute approximate surface area is 95.0 Å². The molecule has 0 amide bonds. The van der Waals surface area contributed by atoms with Crippen LogP contribution < -0.4 is 0 Å². The molecule has 0 unspecified atom stereocenters. The van der Waals surface area contributed by atoms with Crippen LogP contribution in [0.15, 0.2) is 30.5 Å². The van der Waals surface area contributed by atoms with Crippen LogP contribution in [-0.4, -0.2) is 16.1 Å². The van der Waals surface area contributed by atoms with E-state index in [2.05, 4.69) is 4.98 Å². The lowest BCUT2D eigenvalue weighted by atomic mass is 10.1. The normalized spacial score (nSPS) is 10.2. The molecule has 15 heavy (non-hydrogen) atoms. The van der Waals surface area contributed by atoms with E-state index in [0.717, 1.165) is 0 Å². The molecule has 5 heteroatoms. The monoisotopic (exact) mass is 239 g/mol. The number of thiazole rings is 1. The third-order valence-corrected chi connectivity index (χ3v) is 3.01. The number of carboxylic acids is 1. The molecule has 1 N–H and O–H groups in total. The average molecular weight is 240 g/mol. The van der Waals surface area contributed by atoms with E-state index < -0.39 is 5.97 Å². The lowest BCUT2D eigenvalue weighted by Gasteiger charge is -2.00. The summed E-state index contributed by atoms with van der Waals surface area (Å²) in [6, 6.07) is 6.73. The molecule has 0 bridgehead atoms. The largest absolute Gasteiger partial charge is 0.478 e. The molecule has 0 saturated heterocycles. The summed E-state index contributed by atoms with van der Waals surface area (Å²) < 4.78 is 0.546. The number of rotatable bonds is 2. The fourth-order valence-corrected chi connectivity index (χ4v) is 2.19. The van der Waals surface area contributed by atoms with Crippen molar-refractivity contribution in [3.05, 3.63) is 40.4 Å². The maximum atomic E-state index is 10.9. The van der Waals surface area contributed by atoms with Crippen molar-refractivity contribution in [3.8, 4) is 10.6 Å². The summed E-state index contributed by atoms with van der Waals surface area (Å²) in [5, 5.41) is 9.60. The molecule has 1 aromatic carbocycles. The van der Waals surface area contributed by atoms with E-state index in [1.54, 1.807) is 24.3 Å². The van der Waals surface area contributed by atoms with Gasteiger partial charge in [-0.1, -0.05) is 29.8 Å². The molecule has 3 nitrogen and oxygen atoms in total. The number of halogens is 1. The zero-order chi connectivity index (χ0) is 10.8. The van der Waals surface area contributed by atoms with Crippen molar-refractivity contribution in [1.82, 2.24) is 4.98 Å². The molecule has 1 aromatic heterocycles. The van der Waals surface area contributed by atoms with Gasteiger partial charge in [-0.25, -0.2) is 9.78 Å². The maximum absolute atomic E-state index is 10.9. The van der Waals surface area contributed by atoms with Crippen molar-refractivity contribution in [2.75, 3.05) is 0 Å². The molecule has 2 aromatic rings. The van der Waals surface area contributed by atoms with Gasteiger partial charge in [-0.3, -0.25) is 0 Å². The lowest BCUT2D eigenvalue weighted by Crippen LogP contribution is -1.98. The Hall–Kier alpha value is -1.39. The first-order chi connectivity index (χ1) is 7.18. The second kappa shape index (κ2) is 4.00. The molecule has 76 valence electrons. The molecule has 2 rings (SSSR count). The summed E-state index contributed by atoms with van der Waals surface area (Å²) >= 11 is 7.01. The van der Waals surface area contributed by atoms with E-state index in [-0.39, 0.29) is 5.56 Å². The molecule has 0 saturated carbocycles. The van der Waals surface area contributed by atoms with Gasteiger partial charge in [0.2, 0.25) is 0 Å². The zero-order valence-corrected chi connectivity index (χ0v) is 9.05. The van der Waals surface area contributed by atoms with E-state index in [1.807, 2.05) is 0 Å². The fourth-order valence-electron chi connectivity index (χ4n) is 1.24. The molecule has 0 atom stereocenters. The Bertz CT molecular complexity index is 510. The molecule has 1 heterocycles. The van der Waals surface area contributed by atoms with Crippen LogP contribution in [0.25, 0.3) is 10.6 Å². The minimum atomic E-state index is -0.961. The Morgan fingerprint density at radius 1 is 1.40 bits per heavy atom. The average Bonchev–Trinajstić information content (AvgIpc) is 2.65. The van der Waals surface area contributed by atoms with Crippen LogP contribution in [0, 0.1) is 0 Å². The van der Waals surface area contributed by atoms with Crippen molar-refractivity contribution in [2.24, 2.45) is 0 Å². The maximum Gasteiger partial charge on any atom is 0.336 e. The van der Waals surface area contributed by atoms with Crippen molar-refractivity contribution >= 4 is 28.9 Å². The summed E-state index contributed by atoms with van der Waals surface area (Å²) in [7, 11) is 0. The summed E-state index contributed by atoms with van der Waals surface area (Å²) in [5.74, 6) is -0.961. The molecule has 0 fully saturated rings. The summed E-state index contributed by atoms with van der Waals surface area (Å²) in [6.45, 7) is 0. The van der Waals surface area contributed by atoms with E-state index in [1.165, 1.54) is 17.5 Å². The van der Waals surface area contributed by atoms with Gasteiger partial charge in [0.25, 0.3) is 0 Å². The van der Waals surface area contributed by atoms with Gasteiger partial charge in [0, 0.05) is 5.56 Å². The number of benzene rings is 1. The highest BCUT2D eigenvalue weighted by Crippen LogP contribution is 2.30. The van der Waals surface area contributed by atoms with Crippen LogP contribution in [-0.2, 0) is 0 Å². The highest BCUT2D eigenvalue weighted by Gasteiger charge is 2.13. The number of aromatic nitrogens is 1. The van der Waals surface area contributed by atoms with Gasteiger partial charge in [-0.05, 0) is 6.07 Å². The number of hydrogen-bond acceptors (Lipinski definition) is 3. The Kier molecular flexibility index (Phi) is 2.70. The van der Waals surface area contributed by atoms with Crippen LogP contribution in [0.3, 0.4) is 0 Å². The standard InChI is InChI=1S/C10H6ClNO2S/c11-8-5-12-9(15-8)6-3-1-2-4-7(6)10(13)14/h1-5H,(H,13,14). The molecule has 0 aliphatic heterocycles. The first-order valence-electron chi connectivity index (χ1n) is 4.12. The lowest BCUT2D eigenvalue weighted by molar-refractivity contribution is 0.0698. The molecular weight excluding hydrogens is 234 g/mol. The first kappa shape index (κ1) is 10.1. The SMILES string of the molecule is O=C(O)c1ccccc1-c1ncc(Cl)s1. The number of nitrogens with zero attached hydrogens (tertiary/aromatic N) is 1. The predicted octanol–water partition coefficient (Wildman–Crippen LogP) is 3.16. The summed E-state index contributed by atoms with van der Waals surface area (Å²) in [6.07, 6.45) is 1.51. The minimum absolute atomic E-state index is 0.239. The number of carboxylic acid groups (broad SMARTS) is 1. The summed E-state index contributed by atoms with van der Waals surface area (Å²) in [5.41, 5.74) is 0.838. The van der Waals surface area contributed by atoms with E-state index in [0.29, 0.717) is 14.9 Å². The highest BCUT2D eigenvalue weighted by atomic mass is 35.5. The Morgan fingerprint density at radius 2 is 2.13 bits per heavy atom. The summed E-state index contributed by atoms with van der Waals surface area (Å²) in [4.78, 5) is 15.0. The van der Waals surface area contributed by atoms with Gasteiger partial charge in [-0.15, -0.1) is 11.3 Å². The van der Waals surface area contributed by atoms with Gasteiger partial charge >= 0.3 is 5.97 Å². The van der Waals surface area contributed by atoms with Crippen LogP contribution in [0.1, 0.15) is 10.4 Å². The second-order valence-corrected chi connectivity index (χ2v) is 4.48. The molecular formula is C10H6ClNO2S. The molecule has 0 spiro atoms. The van der Waals surface area contributed by atoms with Crippen molar-refractivity contribution in [3.63, 3.8) is 0 Å². The van der Waals surface area contributed by atoms with E-state index in [4.69, 9.17) is 16.7 Å². The number of hydrogen-bond donors (Lipinski definition) is 1. The number of aromatic carboxylic acids is 1. The van der Waals surface area contributed by atoms with Crippen LogP contribution in [0.4, 0.5) is 0 Å². The quantitative estimate of drug-likeness (QED) is 0.876. The Morgan fingerprint density at radius 3 is 2.73 bits per heavy atom. The molecule has 0 aliphatic rings. The first-order valence-corrected chi connectivity index (χ1v) is 5.32. The third kappa shape index (κ3) is 2.00. The van der Waals surface area contributed by atoms with Crippen LogP contribution in [0.2, 0.25) is 4.34 Å². The minimum Gasteiger partial charge on any atom is -0.478 e. The zero-order valence-electron chi connectivity index (χ0n) is 7.48. The van der Waals surface area contributed by atoms with Gasteiger partial charge in [0.15, 0.2) is 0 Å². The predicted molar refractivity (Wildman–Crippen MR) is 59.5 cm³/mol. The molecule has 0 aliphatic carbocycles. The third-order valence-electron chi connectivity index (χ3n) is 1.87. The van der Waals surface area contributed by atoms with E-state index >= 15 is 0 Å². The van der Waals surface area contributed by atoms with E-state index in [9.17, 15) is 4.79 Å². The van der Waals surface area contributed by atoms with Crippen molar-refractivity contribution in [1.29, 1.82) is 0 Å². The van der Waals surface area contributed by atoms with Gasteiger partial charge in [0.05, 0.1) is 11.8 Å². The van der Waals surface area contributed by atoms with Crippen LogP contribution >= 0.6 is 22.9 Å². The van der Waals surface area contributed by atoms with Crippen LogP contribution in [0.5, 0.6) is 0 Å².